The molecule has 9 heteroatoms. The van der Waals surface area contributed by atoms with E-state index in [4.69, 9.17) is 21.4 Å². The number of halogens is 1. The van der Waals surface area contributed by atoms with E-state index in [0.29, 0.717) is 45.5 Å². The van der Waals surface area contributed by atoms with Crippen molar-refractivity contribution >= 4 is 34.9 Å². The molecule has 0 bridgehead atoms. The van der Waals surface area contributed by atoms with Crippen molar-refractivity contribution in [1.29, 1.82) is 0 Å². The molecule has 8 nitrogen and oxygen atoms in total. The zero-order chi connectivity index (χ0) is 26.0. The van der Waals surface area contributed by atoms with Crippen molar-refractivity contribution in [2.75, 3.05) is 12.4 Å². The average molecular weight is 509 g/mol. The van der Waals surface area contributed by atoms with Crippen LogP contribution in [0, 0.1) is 5.92 Å². The first-order chi connectivity index (χ1) is 17.2. The Morgan fingerprint density at radius 2 is 1.81 bits per heavy atom. The Morgan fingerprint density at radius 3 is 2.39 bits per heavy atom. The molecule has 0 unspecified atom stereocenters. The summed E-state index contributed by atoms with van der Waals surface area (Å²) >= 11 is 6.18. The van der Waals surface area contributed by atoms with Crippen LogP contribution in [0.25, 0.3) is 11.1 Å². The molecule has 0 aliphatic heterocycles. The van der Waals surface area contributed by atoms with Crippen LogP contribution in [0.5, 0.6) is 5.75 Å². The van der Waals surface area contributed by atoms with Crippen LogP contribution in [0.2, 0.25) is 5.02 Å². The van der Waals surface area contributed by atoms with Crippen LogP contribution in [-0.2, 0) is 4.79 Å². The fraction of sp³-hybridized carbons (Fsp3) is 0.259. The second-order valence-electron chi connectivity index (χ2n) is 8.81. The van der Waals surface area contributed by atoms with Crippen LogP contribution in [0.4, 0.5) is 5.69 Å². The van der Waals surface area contributed by atoms with Gasteiger partial charge < -0.3 is 15.2 Å². The Bertz CT molecular complexity index is 1390. The zero-order valence-corrected chi connectivity index (χ0v) is 20.5. The van der Waals surface area contributed by atoms with Gasteiger partial charge in [-0.05, 0) is 67.3 Å². The summed E-state index contributed by atoms with van der Waals surface area (Å²) in [4.78, 5) is 49.9. The number of benzene rings is 2. The molecule has 1 fully saturated rings. The number of pyridine rings is 1. The zero-order valence-electron chi connectivity index (χ0n) is 19.8. The third kappa shape index (κ3) is 5.49. The van der Waals surface area contributed by atoms with Gasteiger partial charge in [0.05, 0.1) is 18.9 Å². The lowest BCUT2D eigenvalue weighted by Gasteiger charge is -2.21. The maximum absolute atomic E-state index is 13.3. The molecule has 1 aliphatic rings. The molecule has 4 rings (SSSR count). The third-order valence-corrected chi connectivity index (χ3v) is 6.44. The highest BCUT2D eigenvalue weighted by atomic mass is 35.5. The molecule has 1 saturated carbocycles. The lowest BCUT2D eigenvalue weighted by atomic mass is 9.97. The third-order valence-electron chi connectivity index (χ3n) is 6.21. The van der Waals surface area contributed by atoms with Crippen molar-refractivity contribution in [3.05, 3.63) is 81.2 Å². The summed E-state index contributed by atoms with van der Waals surface area (Å²) in [7, 11) is 1.45. The molecular formula is C27H25ClN2O6. The molecule has 1 amide bonds. The number of carbonyl (C=O) groups is 3. The summed E-state index contributed by atoms with van der Waals surface area (Å²) in [6.07, 6.45) is 3.91. The van der Waals surface area contributed by atoms with E-state index in [1.807, 2.05) is 0 Å². The maximum Gasteiger partial charge on any atom is 0.335 e. The van der Waals surface area contributed by atoms with E-state index >= 15 is 0 Å². The van der Waals surface area contributed by atoms with Gasteiger partial charge in [0.25, 0.3) is 5.56 Å². The predicted octanol–water partition coefficient (Wildman–Crippen LogP) is 5.06. The molecule has 2 N–H and O–H groups in total. The summed E-state index contributed by atoms with van der Waals surface area (Å²) in [5.74, 6) is -1.00. The molecule has 186 valence electrons. The number of ether oxygens (including phenoxy) is 1. The fourth-order valence-electron chi connectivity index (χ4n) is 4.13. The number of carbonyl (C=O) groups excluding carboxylic acids is 2. The maximum atomic E-state index is 13.3. The van der Waals surface area contributed by atoms with Gasteiger partial charge in [-0.15, -0.1) is 0 Å². The van der Waals surface area contributed by atoms with Crippen LogP contribution in [0.15, 0.2) is 59.5 Å². The normalized spacial score (nSPS) is 13.6. The number of aromatic nitrogens is 1. The number of aromatic carboxylic acids is 1. The Labute approximate surface area is 212 Å². The standard InChI is InChI=1S/C27H25ClN2O6/c1-15(31)20-10-7-18(28)12-21(20)22-13-25(32)30(14-24(22)36-2)23(11-16-3-4-16)26(33)29-19-8-5-17(6-9-19)27(34)35/h5-10,12-14,16,23H,3-4,11H2,1-2H3,(H,29,33)(H,34,35)/t23-/m0/s1. The molecule has 2 aromatic carbocycles. The summed E-state index contributed by atoms with van der Waals surface area (Å²) in [5.41, 5.74) is 1.37. The van der Waals surface area contributed by atoms with Crippen molar-refractivity contribution in [1.82, 2.24) is 4.57 Å². The number of anilines is 1. The van der Waals surface area contributed by atoms with Gasteiger partial charge in [-0.3, -0.25) is 19.0 Å². The number of nitrogens with zero attached hydrogens (tertiary/aromatic N) is 1. The van der Waals surface area contributed by atoms with Crippen LogP contribution in [0.1, 0.15) is 52.9 Å². The van der Waals surface area contributed by atoms with Gasteiger partial charge in [-0.1, -0.05) is 24.4 Å². The predicted molar refractivity (Wildman–Crippen MR) is 136 cm³/mol. The van der Waals surface area contributed by atoms with Crippen LogP contribution in [-0.4, -0.2) is 34.4 Å². The molecular weight excluding hydrogens is 484 g/mol. The van der Waals surface area contributed by atoms with Crippen molar-refractivity contribution < 1.29 is 24.2 Å². The number of amides is 1. The van der Waals surface area contributed by atoms with E-state index in [1.165, 1.54) is 55.1 Å². The first-order valence-electron chi connectivity index (χ1n) is 11.4. The van der Waals surface area contributed by atoms with Gasteiger partial charge in [0, 0.05) is 27.9 Å². The van der Waals surface area contributed by atoms with E-state index < -0.39 is 23.5 Å². The highest BCUT2D eigenvalue weighted by molar-refractivity contribution is 6.31. The number of carboxylic acid groups (broad SMARTS) is 1. The number of hydrogen-bond acceptors (Lipinski definition) is 5. The summed E-state index contributed by atoms with van der Waals surface area (Å²) in [5, 5.41) is 12.3. The Morgan fingerprint density at radius 1 is 1.11 bits per heavy atom. The Hall–Kier alpha value is -3.91. The number of carboxylic acids is 1. The molecule has 1 heterocycles. The smallest absolute Gasteiger partial charge is 0.335 e. The van der Waals surface area contributed by atoms with Gasteiger partial charge in [0.15, 0.2) is 5.78 Å². The summed E-state index contributed by atoms with van der Waals surface area (Å²) in [6.45, 7) is 1.43. The van der Waals surface area contributed by atoms with Crippen molar-refractivity contribution in [2.45, 2.75) is 32.2 Å². The molecule has 1 aromatic heterocycles. The highest BCUT2D eigenvalue weighted by Crippen LogP contribution is 2.38. The van der Waals surface area contributed by atoms with Gasteiger partial charge in [0.1, 0.15) is 11.8 Å². The number of nitrogens with one attached hydrogen (secondary N) is 1. The van der Waals surface area contributed by atoms with Crippen LogP contribution in [0.3, 0.4) is 0 Å². The Balaban J connectivity index is 1.72. The van der Waals surface area contributed by atoms with Crippen molar-refractivity contribution in [3.8, 4) is 16.9 Å². The van der Waals surface area contributed by atoms with Crippen LogP contribution >= 0.6 is 11.6 Å². The quantitative estimate of drug-likeness (QED) is 0.390. The number of rotatable bonds is 9. The summed E-state index contributed by atoms with van der Waals surface area (Å²) in [6, 6.07) is 11.2. The number of ketones is 1. The highest BCUT2D eigenvalue weighted by Gasteiger charge is 2.32. The Kier molecular flexibility index (Phi) is 7.26. The second kappa shape index (κ2) is 10.4. The minimum Gasteiger partial charge on any atom is -0.495 e. The first kappa shape index (κ1) is 25.2. The topological polar surface area (TPSA) is 115 Å². The van der Waals surface area contributed by atoms with E-state index in [-0.39, 0.29) is 11.3 Å². The molecule has 1 aliphatic carbocycles. The van der Waals surface area contributed by atoms with Crippen LogP contribution < -0.4 is 15.6 Å². The van der Waals surface area contributed by atoms with Gasteiger partial charge in [0.2, 0.25) is 5.91 Å². The molecule has 1 atom stereocenters. The SMILES string of the molecule is COc1cn([C@@H](CC2CC2)C(=O)Nc2ccc(C(=O)O)cc2)c(=O)cc1-c1cc(Cl)ccc1C(C)=O. The van der Waals surface area contributed by atoms with Gasteiger partial charge >= 0.3 is 5.97 Å². The van der Waals surface area contributed by atoms with Gasteiger partial charge in [-0.25, -0.2) is 4.79 Å². The van der Waals surface area contributed by atoms with E-state index in [1.54, 1.807) is 18.2 Å². The van der Waals surface area contributed by atoms with Gasteiger partial charge in [-0.2, -0.15) is 0 Å². The van der Waals surface area contributed by atoms with E-state index in [0.717, 1.165) is 12.8 Å². The number of methoxy groups -OCH3 is 1. The van der Waals surface area contributed by atoms with Crippen molar-refractivity contribution in [3.63, 3.8) is 0 Å². The largest absolute Gasteiger partial charge is 0.495 e. The molecule has 36 heavy (non-hydrogen) atoms. The van der Waals surface area contributed by atoms with Crippen molar-refractivity contribution in [2.24, 2.45) is 5.92 Å². The lowest BCUT2D eigenvalue weighted by Crippen LogP contribution is -2.33. The minimum atomic E-state index is -1.06. The average Bonchev–Trinajstić information content (AvgIpc) is 3.67. The summed E-state index contributed by atoms with van der Waals surface area (Å²) < 4.78 is 6.92. The number of Topliss-reactive ketones (excluding diaryl/α,β-unsaturated/α-hetero) is 1. The van der Waals surface area contributed by atoms with E-state index in [9.17, 15) is 19.2 Å². The molecule has 0 saturated heterocycles. The molecule has 0 radical (unpaired) electrons. The molecule has 0 spiro atoms. The second-order valence-corrected chi connectivity index (χ2v) is 9.25. The number of hydrogen-bond donors (Lipinski definition) is 2. The lowest BCUT2D eigenvalue weighted by molar-refractivity contribution is -0.119. The molecule has 3 aromatic rings. The minimum absolute atomic E-state index is 0.102. The fourth-order valence-corrected chi connectivity index (χ4v) is 4.30. The first-order valence-corrected chi connectivity index (χ1v) is 11.8. The van der Waals surface area contributed by atoms with E-state index in [2.05, 4.69) is 5.32 Å². The monoisotopic (exact) mass is 508 g/mol.